The molecule has 0 amide bonds. The largest absolute Gasteiger partial charge is 0.237 e. The van der Waals surface area contributed by atoms with Crippen LogP contribution in [-0.2, 0) is 9.59 Å². The molecule has 0 heterocycles. The molecular formula is C15H22N2O2. The average molecular weight is 262 g/mol. The molecule has 19 heavy (non-hydrogen) atoms. The Morgan fingerprint density at radius 1 is 0.737 bits per heavy atom. The maximum absolute atomic E-state index is 10.4. The Morgan fingerprint density at radius 3 is 1.79 bits per heavy atom. The first kappa shape index (κ1) is 14.2. The molecule has 0 aliphatic heterocycles. The van der Waals surface area contributed by atoms with Gasteiger partial charge in [0.05, 0.1) is 0 Å². The van der Waals surface area contributed by atoms with Crippen molar-refractivity contribution in [2.45, 2.75) is 64.0 Å². The number of rotatable bonds is 4. The smallest absolute Gasteiger partial charge is 0.211 e. The molecule has 0 unspecified atom stereocenters. The normalized spacial score (nSPS) is 29.9. The number of isocyanates is 2. The zero-order valence-corrected chi connectivity index (χ0v) is 11.4. The minimum absolute atomic E-state index is 0.225. The summed E-state index contributed by atoms with van der Waals surface area (Å²) in [5.41, 5.74) is 0. The third-order valence-corrected chi connectivity index (χ3v) is 4.92. The topological polar surface area (TPSA) is 58.9 Å². The molecule has 0 radical (unpaired) electrons. The zero-order valence-electron chi connectivity index (χ0n) is 11.4. The van der Waals surface area contributed by atoms with Crippen molar-refractivity contribution in [2.75, 3.05) is 0 Å². The lowest BCUT2D eigenvalue weighted by Gasteiger charge is -2.36. The van der Waals surface area contributed by atoms with Crippen molar-refractivity contribution in [3.63, 3.8) is 0 Å². The van der Waals surface area contributed by atoms with Crippen molar-refractivity contribution in [3.8, 4) is 0 Å². The predicted molar refractivity (Wildman–Crippen MR) is 72.1 cm³/mol. The summed E-state index contributed by atoms with van der Waals surface area (Å²) in [7, 11) is 0. The molecule has 0 aromatic rings. The van der Waals surface area contributed by atoms with Crippen LogP contribution in [0.5, 0.6) is 0 Å². The lowest BCUT2D eigenvalue weighted by molar-refractivity contribution is 0.157. The summed E-state index contributed by atoms with van der Waals surface area (Å²) < 4.78 is 0. The van der Waals surface area contributed by atoms with E-state index in [0.29, 0.717) is 0 Å². The summed E-state index contributed by atoms with van der Waals surface area (Å²) in [5.74, 6) is 1.96. The van der Waals surface area contributed by atoms with Crippen LogP contribution in [0.4, 0.5) is 0 Å². The van der Waals surface area contributed by atoms with Crippen molar-refractivity contribution in [2.24, 2.45) is 27.7 Å². The Morgan fingerprint density at radius 2 is 1.26 bits per heavy atom. The van der Waals surface area contributed by atoms with Gasteiger partial charge in [0.2, 0.25) is 12.2 Å². The number of hydrogen-bond donors (Lipinski definition) is 0. The van der Waals surface area contributed by atoms with Crippen molar-refractivity contribution >= 4 is 12.2 Å². The van der Waals surface area contributed by atoms with Gasteiger partial charge in [-0.15, -0.1) is 0 Å². The molecular weight excluding hydrogens is 240 g/mol. The van der Waals surface area contributed by atoms with Gasteiger partial charge in [-0.3, -0.25) is 0 Å². The fraction of sp³-hybridized carbons (Fsp3) is 0.867. The summed E-state index contributed by atoms with van der Waals surface area (Å²) in [6.07, 6.45) is 13.9. The molecule has 2 aliphatic carbocycles. The van der Waals surface area contributed by atoms with E-state index < -0.39 is 6.17 Å². The second-order valence-electron chi connectivity index (χ2n) is 5.93. The summed E-state index contributed by atoms with van der Waals surface area (Å²) in [6, 6.07) is 0. The molecule has 2 rings (SSSR count). The average Bonchev–Trinajstić information content (AvgIpc) is 2.48. The molecule has 104 valence electrons. The maximum Gasteiger partial charge on any atom is 0.237 e. The summed E-state index contributed by atoms with van der Waals surface area (Å²) in [5, 5.41) is 0. The maximum atomic E-state index is 10.4. The van der Waals surface area contributed by atoms with Crippen molar-refractivity contribution in [3.05, 3.63) is 0 Å². The van der Waals surface area contributed by atoms with Crippen LogP contribution < -0.4 is 0 Å². The highest BCUT2D eigenvalue weighted by Crippen LogP contribution is 2.41. The highest BCUT2D eigenvalue weighted by atomic mass is 16.1. The molecule has 2 saturated carbocycles. The van der Waals surface area contributed by atoms with Gasteiger partial charge in [-0.05, 0) is 37.5 Å². The van der Waals surface area contributed by atoms with Gasteiger partial charge >= 0.3 is 0 Å². The third kappa shape index (κ3) is 3.86. The summed E-state index contributed by atoms with van der Waals surface area (Å²) in [6.45, 7) is 0. The number of hydrogen-bond acceptors (Lipinski definition) is 4. The van der Waals surface area contributed by atoms with Gasteiger partial charge in [0.25, 0.3) is 0 Å². The molecule has 0 N–H and O–H groups in total. The monoisotopic (exact) mass is 262 g/mol. The SMILES string of the molecule is O=C=NC(N=C=O)C1CCC(C2CCCCC2)CC1. The molecule has 0 aromatic carbocycles. The second-order valence-corrected chi connectivity index (χ2v) is 5.93. The van der Waals surface area contributed by atoms with Crippen LogP contribution in [0, 0.1) is 17.8 Å². The standard InChI is InChI=1S/C15H22N2O2/c18-10-16-15(17-11-19)14-8-6-13(7-9-14)12-4-2-1-3-5-12/h12-15H,1-9H2. The van der Waals surface area contributed by atoms with E-state index in [1.54, 1.807) is 0 Å². The Labute approximate surface area is 114 Å². The van der Waals surface area contributed by atoms with Gasteiger partial charge in [-0.2, -0.15) is 9.98 Å². The lowest BCUT2D eigenvalue weighted by Crippen LogP contribution is -2.27. The van der Waals surface area contributed by atoms with E-state index in [-0.39, 0.29) is 5.92 Å². The fourth-order valence-corrected chi connectivity index (χ4v) is 3.87. The first-order chi connectivity index (χ1) is 9.35. The summed E-state index contributed by atoms with van der Waals surface area (Å²) >= 11 is 0. The van der Waals surface area contributed by atoms with E-state index in [9.17, 15) is 9.59 Å². The van der Waals surface area contributed by atoms with E-state index >= 15 is 0 Å². The molecule has 0 spiro atoms. The van der Waals surface area contributed by atoms with Crippen LogP contribution in [0.15, 0.2) is 9.98 Å². The van der Waals surface area contributed by atoms with Crippen LogP contribution >= 0.6 is 0 Å². The fourth-order valence-electron chi connectivity index (χ4n) is 3.87. The van der Waals surface area contributed by atoms with E-state index in [1.807, 2.05) is 0 Å². The van der Waals surface area contributed by atoms with Gasteiger partial charge in [-0.1, -0.05) is 32.1 Å². The minimum atomic E-state index is -0.540. The quantitative estimate of drug-likeness (QED) is 0.576. The Hall–Kier alpha value is -1.24. The van der Waals surface area contributed by atoms with Crippen LogP contribution in [0.2, 0.25) is 0 Å². The highest BCUT2D eigenvalue weighted by molar-refractivity contribution is 5.37. The van der Waals surface area contributed by atoms with Crippen LogP contribution in [-0.4, -0.2) is 18.3 Å². The van der Waals surface area contributed by atoms with E-state index in [0.717, 1.165) is 24.7 Å². The third-order valence-electron chi connectivity index (χ3n) is 4.92. The first-order valence-electron chi connectivity index (χ1n) is 7.49. The van der Waals surface area contributed by atoms with Crippen molar-refractivity contribution in [1.29, 1.82) is 0 Å². The lowest BCUT2D eigenvalue weighted by atomic mass is 9.70. The van der Waals surface area contributed by atoms with Crippen LogP contribution in [0.1, 0.15) is 57.8 Å². The minimum Gasteiger partial charge on any atom is -0.211 e. The Bertz CT molecular complexity index is 352. The van der Waals surface area contributed by atoms with Gasteiger partial charge in [0.15, 0.2) is 6.17 Å². The molecule has 0 bridgehead atoms. The molecule has 0 atom stereocenters. The number of aliphatic imine (C=N–C) groups is 2. The van der Waals surface area contributed by atoms with E-state index in [2.05, 4.69) is 9.98 Å². The number of carbonyl (C=O) groups excluding carboxylic acids is 2. The van der Waals surface area contributed by atoms with Gasteiger partial charge in [0, 0.05) is 5.92 Å². The van der Waals surface area contributed by atoms with Crippen LogP contribution in [0.3, 0.4) is 0 Å². The molecule has 4 nitrogen and oxygen atoms in total. The van der Waals surface area contributed by atoms with Gasteiger partial charge in [-0.25, -0.2) is 9.59 Å². The van der Waals surface area contributed by atoms with Crippen molar-refractivity contribution < 1.29 is 9.59 Å². The van der Waals surface area contributed by atoms with E-state index in [4.69, 9.17) is 0 Å². The molecule has 0 saturated heterocycles. The predicted octanol–water partition coefficient (Wildman–Crippen LogP) is 3.37. The van der Waals surface area contributed by atoms with Gasteiger partial charge < -0.3 is 0 Å². The van der Waals surface area contributed by atoms with Crippen LogP contribution in [0.25, 0.3) is 0 Å². The van der Waals surface area contributed by atoms with Gasteiger partial charge in [0.1, 0.15) is 0 Å². The molecule has 2 aliphatic rings. The summed E-state index contributed by atoms with van der Waals surface area (Å²) in [4.78, 5) is 28.0. The highest BCUT2D eigenvalue weighted by Gasteiger charge is 2.31. The number of nitrogens with zero attached hydrogens (tertiary/aromatic N) is 2. The zero-order chi connectivity index (χ0) is 13.5. The van der Waals surface area contributed by atoms with E-state index in [1.165, 1.54) is 57.1 Å². The molecule has 4 heteroatoms. The molecule has 0 aromatic heterocycles. The molecule has 2 fully saturated rings. The Kier molecular flexibility index (Phi) is 5.50. The Balaban J connectivity index is 1.86. The van der Waals surface area contributed by atoms with Crippen molar-refractivity contribution in [1.82, 2.24) is 0 Å². The first-order valence-corrected chi connectivity index (χ1v) is 7.49. The second kappa shape index (κ2) is 7.37.